The number of hydrogen-bond acceptors (Lipinski definition) is 5. The number of nitrogens with zero attached hydrogens (tertiary/aromatic N) is 6. The Morgan fingerprint density at radius 1 is 1.07 bits per heavy atom. The molecule has 3 aromatic heterocycles. The van der Waals surface area contributed by atoms with Gasteiger partial charge in [-0.25, -0.2) is 9.97 Å². The highest BCUT2D eigenvalue weighted by atomic mass is 15.3. The zero-order chi connectivity index (χ0) is 19.1. The smallest absolute Gasteiger partial charge is 0.228 e. The monoisotopic (exact) mass is 371 g/mol. The van der Waals surface area contributed by atoms with Crippen LogP contribution in [-0.4, -0.2) is 29.5 Å². The van der Waals surface area contributed by atoms with Crippen molar-refractivity contribution in [2.75, 3.05) is 5.32 Å². The number of nitrogens with one attached hydrogen (secondary N) is 1. The molecule has 0 radical (unpaired) electrons. The maximum Gasteiger partial charge on any atom is 0.228 e. The van der Waals surface area contributed by atoms with Crippen LogP contribution in [-0.2, 0) is 26.4 Å². The number of fused-ring (bicyclic) bond motifs is 3. The average molecular weight is 371 g/mol. The highest BCUT2D eigenvalue weighted by Gasteiger charge is 2.27. The van der Waals surface area contributed by atoms with Crippen molar-refractivity contribution in [3.05, 3.63) is 60.0 Å². The second kappa shape index (κ2) is 6.60. The van der Waals surface area contributed by atoms with Crippen molar-refractivity contribution in [1.29, 1.82) is 0 Å². The molecule has 1 N–H and O–H groups in total. The van der Waals surface area contributed by atoms with E-state index in [2.05, 4.69) is 46.6 Å². The van der Waals surface area contributed by atoms with Crippen LogP contribution in [0.5, 0.6) is 0 Å². The van der Waals surface area contributed by atoms with Crippen molar-refractivity contribution in [2.45, 2.75) is 26.3 Å². The number of aromatic nitrogens is 6. The zero-order valence-corrected chi connectivity index (χ0v) is 15.9. The van der Waals surface area contributed by atoms with Crippen LogP contribution >= 0.6 is 0 Å². The summed E-state index contributed by atoms with van der Waals surface area (Å²) in [4.78, 5) is 9.37. The summed E-state index contributed by atoms with van der Waals surface area (Å²) in [7, 11) is 2.00. The van der Waals surface area contributed by atoms with Crippen LogP contribution in [0, 0.1) is 0 Å². The zero-order valence-electron chi connectivity index (χ0n) is 15.9. The van der Waals surface area contributed by atoms with Crippen molar-refractivity contribution in [3.8, 4) is 22.5 Å². The molecule has 5 rings (SSSR count). The van der Waals surface area contributed by atoms with E-state index in [1.807, 2.05) is 40.9 Å². The molecule has 0 bridgehead atoms. The van der Waals surface area contributed by atoms with Crippen LogP contribution < -0.4 is 5.32 Å². The SMILES string of the molecule is CCn1ccc(Nc2ncc3c(n2)-c2c(nn(C)c2-c2ccccc2)CC3)n1. The molecule has 0 fully saturated rings. The molecule has 0 unspecified atom stereocenters. The lowest BCUT2D eigenvalue weighted by Crippen LogP contribution is -2.08. The first-order chi connectivity index (χ1) is 13.7. The molecule has 0 aliphatic heterocycles. The van der Waals surface area contributed by atoms with Gasteiger partial charge < -0.3 is 5.32 Å². The summed E-state index contributed by atoms with van der Waals surface area (Å²) in [6.07, 6.45) is 5.66. The van der Waals surface area contributed by atoms with Crippen molar-refractivity contribution in [2.24, 2.45) is 7.05 Å². The molecule has 1 aliphatic carbocycles. The van der Waals surface area contributed by atoms with Gasteiger partial charge in [0.25, 0.3) is 0 Å². The lowest BCUT2D eigenvalue weighted by atomic mass is 9.91. The minimum Gasteiger partial charge on any atom is -0.307 e. The Morgan fingerprint density at radius 3 is 2.71 bits per heavy atom. The highest BCUT2D eigenvalue weighted by Crippen LogP contribution is 2.39. The van der Waals surface area contributed by atoms with Gasteiger partial charge in [-0.15, -0.1) is 0 Å². The van der Waals surface area contributed by atoms with Gasteiger partial charge in [-0.1, -0.05) is 30.3 Å². The van der Waals surface area contributed by atoms with Crippen LogP contribution in [0.4, 0.5) is 11.8 Å². The number of anilines is 2. The summed E-state index contributed by atoms with van der Waals surface area (Å²) in [5.41, 5.74) is 6.55. The second-order valence-electron chi connectivity index (χ2n) is 6.91. The molecular formula is C21H21N7. The minimum absolute atomic E-state index is 0.552. The van der Waals surface area contributed by atoms with Gasteiger partial charge in [-0.2, -0.15) is 10.2 Å². The van der Waals surface area contributed by atoms with Crippen molar-refractivity contribution >= 4 is 11.8 Å². The molecular weight excluding hydrogens is 350 g/mol. The summed E-state index contributed by atoms with van der Waals surface area (Å²) < 4.78 is 3.83. The molecule has 28 heavy (non-hydrogen) atoms. The van der Waals surface area contributed by atoms with Gasteiger partial charge in [-0.05, 0) is 25.3 Å². The van der Waals surface area contributed by atoms with Crippen LogP contribution in [0.15, 0.2) is 48.8 Å². The van der Waals surface area contributed by atoms with Gasteiger partial charge in [0.15, 0.2) is 5.82 Å². The molecule has 0 saturated heterocycles. The average Bonchev–Trinajstić information content (AvgIpc) is 3.32. The Labute approximate surface area is 163 Å². The quantitative estimate of drug-likeness (QED) is 0.593. The van der Waals surface area contributed by atoms with Crippen LogP contribution in [0.2, 0.25) is 0 Å². The van der Waals surface area contributed by atoms with Gasteiger partial charge >= 0.3 is 0 Å². The molecule has 0 saturated carbocycles. The molecule has 1 aliphatic rings. The van der Waals surface area contributed by atoms with E-state index in [-0.39, 0.29) is 0 Å². The predicted octanol–water partition coefficient (Wildman–Crippen LogP) is 3.60. The Kier molecular flexibility index (Phi) is 3.93. The van der Waals surface area contributed by atoms with Gasteiger partial charge in [0.2, 0.25) is 5.95 Å². The van der Waals surface area contributed by atoms with Crippen molar-refractivity contribution in [3.63, 3.8) is 0 Å². The Hall–Kier alpha value is -3.48. The summed E-state index contributed by atoms with van der Waals surface area (Å²) in [5.74, 6) is 1.29. The molecule has 0 atom stereocenters. The van der Waals surface area contributed by atoms with E-state index in [1.54, 1.807) is 0 Å². The number of benzene rings is 1. The number of hydrogen-bond donors (Lipinski definition) is 1. The minimum atomic E-state index is 0.552. The molecule has 0 spiro atoms. The predicted molar refractivity (Wildman–Crippen MR) is 108 cm³/mol. The maximum absolute atomic E-state index is 4.86. The molecule has 7 heteroatoms. The third-order valence-corrected chi connectivity index (χ3v) is 5.10. The van der Waals surface area contributed by atoms with Crippen LogP contribution in [0.3, 0.4) is 0 Å². The first-order valence-corrected chi connectivity index (χ1v) is 9.51. The van der Waals surface area contributed by atoms with Crippen LogP contribution in [0.1, 0.15) is 18.2 Å². The third-order valence-electron chi connectivity index (χ3n) is 5.10. The Balaban J connectivity index is 1.60. The number of rotatable bonds is 4. The Morgan fingerprint density at radius 2 is 1.93 bits per heavy atom. The lowest BCUT2D eigenvalue weighted by Gasteiger charge is -2.16. The largest absolute Gasteiger partial charge is 0.307 e. The number of aryl methyl sites for hydroxylation is 4. The van der Waals surface area contributed by atoms with Crippen molar-refractivity contribution < 1.29 is 0 Å². The molecule has 3 heterocycles. The maximum atomic E-state index is 4.86. The Bertz CT molecular complexity index is 1140. The summed E-state index contributed by atoms with van der Waals surface area (Å²) in [5, 5.41) is 12.5. The lowest BCUT2D eigenvalue weighted by molar-refractivity contribution is 0.662. The van der Waals surface area contributed by atoms with E-state index in [1.165, 1.54) is 0 Å². The van der Waals surface area contributed by atoms with Crippen LogP contribution in [0.25, 0.3) is 22.5 Å². The van der Waals surface area contributed by atoms with E-state index in [9.17, 15) is 0 Å². The first-order valence-electron chi connectivity index (χ1n) is 9.51. The van der Waals surface area contributed by atoms with E-state index in [4.69, 9.17) is 10.1 Å². The van der Waals surface area contributed by atoms with Gasteiger partial charge in [0.05, 0.1) is 17.1 Å². The topological polar surface area (TPSA) is 73.5 Å². The second-order valence-corrected chi connectivity index (χ2v) is 6.91. The third kappa shape index (κ3) is 2.76. The normalized spacial score (nSPS) is 12.5. The van der Waals surface area contributed by atoms with E-state index >= 15 is 0 Å². The fourth-order valence-corrected chi connectivity index (χ4v) is 3.77. The highest BCUT2D eigenvalue weighted by molar-refractivity contribution is 5.84. The molecule has 4 aromatic rings. The summed E-state index contributed by atoms with van der Waals surface area (Å²) in [6.45, 7) is 2.88. The molecule has 140 valence electrons. The standard InChI is InChI=1S/C21H21N7/c1-3-28-12-11-17(26-28)23-21-22-13-15-9-10-16-18(19(15)24-21)20(27(2)25-16)14-7-5-4-6-8-14/h4-8,11-13H,3,9-10H2,1-2H3,(H,22,23,24,26). The van der Waals surface area contributed by atoms with Gasteiger partial charge in [0.1, 0.15) is 0 Å². The van der Waals surface area contributed by atoms with Gasteiger partial charge in [-0.3, -0.25) is 9.36 Å². The molecule has 7 nitrogen and oxygen atoms in total. The molecule has 0 amide bonds. The summed E-state index contributed by atoms with van der Waals surface area (Å²) in [6, 6.07) is 12.3. The van der Waals surface area contributed by atoms with E-state index in [0.717, 1.165) is 59.0 Å². The first kappa shape index (κ1) is 16.7. The van der Waals surface area contributed by atoms with E-state index in [0.29, 0.717) is 5.95 Å². The fourth-order valence-electron chi connectivity index (χ4n) is 3.77. The molecule has 1 aromatic carbocycles. The fraction of sp³-hybridized carbons (Fsp3) is 0.238. The summed E-state index contributed by atoms with van der Waals surface area (Å²) >= 11 is 0. The van der Waals surface area contributed by atoms with E-state index < -0.39 is 0 Å². The van der Waals surface area contributed by atoms with Crippen molar-refractivity contribution in [1.82, 2.24) is 29.5 Å². The van der Waals surface area contributed by atoms with Gasteiger partial charge in [0, 0.05) is 43.2 Å².